The average Bonchev–Trinajstić information content (AvgIpc) is 2.18. The maximum atomic E-state index is 11.0. The number of azo groups is 1. The summed E-state index contributed by atoms with van der Waals surface area (Å²) in [5.41, 5.74) is 0.483. The van der Waals surface area contributed by atoms with Crippen LogP contribution in [-0.4, -0.2) is 15.9 Å². The molecule has 1 rings (SSSR count). The smallest absolute Gasteiger partial charge is 0.183 e. The van der Waals surface area contributed by atoms with E-state index < -0.39 is 0 Å². The van der Waals surface area contributed by atoms with Crippen LogP contribution in [-0.2, 0) is 4.79 Å². The van der Waals surface area contributed by atoms with Crippen molar-refractivity contribution in [1.29, 1.82) is 0 Å². The van der Waals surface area contributed by atoms with Crippen molar-refractivity contribution in [3.05, 3.63) is 36.0 Å². The monoisotopic (exact) mass is 205 g/mol. The first kappa shape index (κ1) is 11.0. The van der Waals surface area contributed by atoms with Crippen molar-refractivity contribution in [3.8, 4) is 0 Å². The van der Waals surface area contributed by atoms with Crippen LogP contribution in [0.2, 0.25) is 0 Å². The Labute approximate surface area is 87.2 Å². The Kier molecular flexibility index (Phi) is 3.68. The van der Waals surface area contributed by atoms with E-state index in [0.717, 1.165) is 0 Å². The Morgan fingerprint density at radius 3 is 2.67 bits per heavy atom. The molecule has 0 aliphatic heterocycles. The second-order valence-electron chi connectivity index (χ2n) is 2.90. The number of aliphatic hydroxyl groups is 1. The molecular formula is C10H11N3O2. The zero-order valence-corrected chi connectivity index (χ0v) is 8.51. The number of pyridine rings is 1. The Bertz CT molecular complexity index is 406. The quantitative estimate of drug-likeness (QED) is 0.468. The molecule has 0 aliphatic rings. The number of carbonyl (C=O) groups excluding carboxylic acids is 1. The Hall–Kier alpha value is -2.04. The maximum absolute atomic E-state index is 11.0. The highest BCUT2D eigenvalue weighted by Crippen LogP contribution is 2.12. The van der Waals surface area contributed by atoms with Gasteiger partial charge in [0.15, 0.2) is 11.5 Å². The molecule has 5 heteroatoms. The zero-order chi connectivity index (χ0) is 11.3. The van der Waals surface area contributed by atoms with Gasteiger partial charge in [-0.15, -0.1) is 10.2 Å². The van der Waals surface area contributed by atoms with Gasteiger partial charge in [-0.25, -0.2) is 0 Å². The van der Waals surface area contributed by atoms with Crippen LogP contribution in [0.25, 0.3) is 0 Å². The molecular weight excluding hydrogens is 194 g/mol. The third kappa shape index (κ3) is 3.30. The second kappa shape index (κ2) is 4.99. The second-order valence-corrected chi connectivity index (χ2v) is 2.90. The van der Waals surface area contributed by atoms with Gasteiger partial charge in [-0.1, -0.05) is 0 Å². The lowest BCUT2D eigenvalue weighted by Gasteiger charge is -1.96. The summed E-state index contributed by atoms with van der Waals surface area (Å²) in [5.74, 6) is -0.474. The molecule has 78 valence electrons. The van der Waals surface area contributed by atoms with Crippen molar-refractivity contribution < 1.29 is 9.90 Å². The molecule has 5 nitrogen and oxygen atoms in total. The molecule has 0 spiro atoms. The minimum Gasteiger partial charge on any atom is -0.510 e. The van der Waals surface area contributed by atoms with Crippen molar-refractivity contribution in [2.75, 3.05) is 0 Å². The minimum atomic E-state index is -0.331. The van der Waals surface area contributed by atoms with Crippen LogP contribution in [0.5, 0.6) is 0 Å². The maximum Gasteiger partial charge on any atom is 0.183 e. The molecule has 0 saturated heterocycles. The topological polar surface area (TPSA) is 74.9 Å². The summed E-state index contributed by atoms with van der Waals surface area (Å²) in [6.45, 7) is 2.70. The molecule has 0 radical (unpaired) electrons. The number of hydrogen-bond acceptors (Lipinski definition) is 5. The summed E-state index contributed by atoms with van der Waals surface area (Å²) in [5, 5.41) is 16.6. The van der Waals surface area contributed by atoms with E-state index in [1.807, 2.05) is 0 Å². The van der Waals surface area contributed by atoms with Gasteiger partial charge in [-0.3, -0.25) is 9.78 Å². The van der Waals surface area contributed by atoms with Crippen molar-refractivity contribution in [1.82, 2.24) is 4.98 Å². The van der Waals surface area contributed by atoms with E-state index in [4.69, 9.17) is 5.11 Å². The summed E-state index contributed by atoms with van der Waals surface area (Å²) < 4.78 is 0. The van der Waals surface area contributed by atoms with Crippen LogP contribution < -0.4 is 0 Å². The lowest BCUT2D eigenvalue weighted by Crippen LogP contribution is -1.96. The van der Waals surface area contributed by atoms with E-state index in [1.54, 1.807) is 18.3 Å². The Morgan fingerprint density at radius 2 is 2.20 bits per heavy atom. The molecule has 15 heavy (non-hydrogen) atoms. The van der Waals surface area contributed by atoms with E-state index in [-0.39, 0.29) is 17.2 Å². The van der Waals surface area contributed by atoms with Crippen molar-refractivity contribution in [2.45, 2.75) is 13.8 Å². The van der Waals surface area contributed by atoms with Gasteiger partial charge in [0.1, 0.15) is 11.4 Å². The zero-order valence-electron chi connectivity index (χ0n) is 8.51. The highest BCUT2D eigenvalue weighted by molar-refractivity contribution is 5.93. The molecule has 0 bridgehead atoms. The number of hydrogen-bond donors (Lipinski definition) is 1. The van der Waals surface area contributed by atoms with Crippen molar-refractivity contribution >= 4 is 11.5 Å². The van der Waals surface area contributed by atoms with Gasteiger partial charge in [-0.05, 0) is 19.1 Å². The van der Waals surface area contributed by atoms with Gasteiger partial charge < -0.3 is 5.11 Å². The molecule has 0 fully saturated rings. The largest absolute Gasteiger partial charge is 0.510 e. The van der Waals surface area contributed by atoms with Gasteiger partial charge in [-0.2, -0.15) is 0 Å². The van der Waals surface area contributed by atoms with Crippen molar-refractivity contribution in [3.63, 3.8) is 0 Å². The predicted octanol–water partition coefficient (Wildman–Crippen LogP) is 2.54. The molecule has 1 heterocycles. The van der Waals surface area contributed by atoms with Crippen LogP contribution >= 0.6 is 0 Å². The van der Waals surface area contributed by atoms with Crippen LogP contribution in [0.15, 0.2) is 46.2 Å². The number of rotatable bonds is 3. The number of allylic oxidation sites excluding steroid dienone is 2. The SMILES string of the molecule is CC(=O)C(N=Nc1cccnc1)=C(C)O. The van der Waals surface area contributed by atoms with Gasteiger partial charge in [0.2, 0.25) is 0 Å². The van der Waals surface area contributed by atoms with Gasteiger partial charge in [0, 0.05) is 13.1 Å². The van der Waals surface area contributed by atoms with Crippen LogP contribution in [0.1, 0.15) is 13.8 Å². The summed E-state index contributed by atoms with van der Waals surface area (Å²) in [4.78, 5) is 14.9. The highest BCUT2D eigenvalue weighted by Gasteiger charge is 2.06. The molecule has 1 N–H and O–H groups in total. The molecule has 0 aromatic carbocycles. The first-order chi connectivity index (χ1) is 7.11. The molecule has 0 atom stereocenters. The molecule has 0 aliphatic carbocycles. The number of Topliss-reactive ketones (excluding diaryl/α,β-unsaturated/α-hetero) is 1. The van der Waals surface area contributed by atoms with E-state index in [0.29, 0.717) is 5.69 Å². The summed E-state index contributed by atoms with van der Waals surface area (Å²) in [6.07, 6.45) is 3.12. The molecule has 0 unspecified atom stereocenters. The number of carbonyl (C=O) groups is 1. The fourth-order valence-electron chi connectivity index (χ4n) is 0.918. The third-order valence-corrected chi connectivity index (χ3v) is 1.59. The Balaban J connectivity index is 2.90. The predicted molar refractivity (Wildman–Crippen MR) is 54.8 cm³/mol. The fraction of sp³-hybridized carbons (Fsp3) is 0.200. The normalized spacial score (nSPS) is 12.7. The standard InChI is InChI=1S/C10H11N3O2/c1-7(14)10(8(2)15)13-12-9-4-3-5-11-6-9/h3-6,14H,1-2H3. The van der Waals surface area contributed by atoms with Gasteiger partial charge in [0.25, 0.3) is 0 Å². The van der Waals surface area contributed by atoms with Gasteiger partial charge in [0.05, 0.1) is 6.20 Å². The van der Waals surface area contributed by atoms with E-state index >= 15 is 0 Å². The first-order valence-corrected chi connectivity index (χ1v) is 4.34. The Morgan fingerprint density at radius 1 is 1.47 bits per heavy atom. The number of aliphatic hydroxyl groups excluding tert-OH is 1. The number of ketones is 1. The van der Waals surface area contributed by atoms with E-state index in [1.165, 1.54) is 20.0 Å². The summed E-state index contributed by atoms with van der Waals surface area (Å²) >= 11 is 0. The third-order valence-electron chi connectivity index (χ3n) is 1.59. The molecule has 1 aromatic heterocycles. The van der Waals surface area contributed by atoms with Crippen LogP contribution in [0, 0.1) is 0 Å². The summed E-state index contributed by atoms with van der Waals surface area (Å²) in [6, 6.07) is 3.40. The molecule has 0 amide bonds. The molecule has 0 saturated carbocycles. The highest BCUT2D eigenvalue weighted by atomic mass is 16.3. The van der Waals surface area contributed by atoms with Gasteiger partial charge >= 0.3 is 0 Å². The number of aromatic nitrogens is 1. The van der Waals surface area contributed by atoms with E-state index in [2.05, 4.69) is 15.2 Å². The lowest BCUT2D eigenvalue weighted by atomic mass is 10.3. The van der Waals surface area contributed by atoms with Crippen LogP contribution in [0.4, 0.5) is 5.69 Å². The van der Waals surface area contributed by atoms with Crippen molar-refractivity contribution in [2.24, 2.45) is 10.2 Å². The lowest BCUT2D eigenvalue weighted by molar-refractivity contribution is -0.113. The average molecular weight is 205 g/mol. The first-order valence-electron chi connectivity index (χ1n) is 4.34. The molecule has 1 aromatic rings. The number of nitrogens with zero attached hydrogens (tertiary/aromatic N) is 3. The van der Waals surface area contributed by atoms with E-state index in [9.17, 15) is 4.79 Å². The van der Waals surface area contributed by atoms with Crippen LogP contribution in [0.3, 0.4) is 0 Å². The minimum absolute atomic E-state index is 0.0427. The summed E-state index contributed by atoms with van der Waals surface area (Å²) in [7, 11) is 0. The fourth-order valence-corrected chi connectivity index (χ4v) is 0.918.